The number of aromatic nitrogens is 2. The van der Waals surface area contributed by atoms with Crippen molar-refractivity contribution in [1.29, 1.82) is 0 Å². The number of halogens is 1. The standard InChI is InChI=1S/C23H20FN3OS/c24-19-9-2-1-7-17(19)15-27(16-18-8-5-6-14-25-18)23(28)13-12-22-26-20-10-3-4-11-21(20)29-22/h1-11,14H,12-13,15-16H2. The Morgan fingerprint density at radius 2 is 1.76 bits per heavy atom. The van der Waals surface area contributed by atoms with Gasteiger partial charge in [0.2, 0.25) is 5.91 Å². The second-order valence-electron chi connectivity index (χ2n) is 6.74. The van der Waals surface area contributed by atoms with Gasteiger partial charge in [0, 0.05) is 31.1 Å². The van der Waals surface area contributed by atoms with Gasteiger partial charge in [0.05, 0.1) is 27.5 Å². The minimum atomic E-state index is -0.308. The SMILES string of the molecule is O=C(CCc1nc2ccccc2s1)N(Cc1ccccn1)Cc1ccccc1F. The first kappa shape index (κ1) is 19.2. The average molecular weight is 405 g/mol. The third kappa shape index (κ3) is 4.84. The molecule has 0 aliphatic heterocycles. The van der Waals surface area contributed by atoms with E-state index in [0.717, 1.165) is 20.9 Å². The highest BCUT2D eigenvalue weighted by Crippen LogP contribution is 2.23. The molecule has 0 N–H and O–H groups in total. The summed E-state index contributed by atoms with van der Waals surface area (Å²) in [5.74, 6) is -0.351. The Hall–Kier alpha value is -3.12. The number of carbonyl (C=O) groups excluding carboxylic acids is 1. The summed E-state index contributed by atoms with van der Waals surface area (Å²) in [6.07, 6.45) is 2.58. The molecule has 0 aliphatic rings. The predicted molar refractivity (Wildman–Crippen MR) is 113 cm³/mol. The Morgan fingerprint density at radius 1 is 0.966 bits per heavy atom. The van der Waals surface area contributed by atoms with Gasteiger partial charge in [-0.05, 0) is 30.3 Å². The lowest BCUT2D eigenvalue weighted by molar-refractivity contribution is -0.132. The zero-order valence-corrected chi connectivity index (χ0v) is 16.6. The molecular weight excluding hydrogens is 385 g/mol. The van der Waals surface area contributed by atoms with Crippen LogP contribution in [0.25, 0.3) is 10.2 Å². The highest BCUT2D eigenvalue weighted by atomic mass is 32.1. The predicted octanol–water partition coefficient (Wildman–Crippen LogP) is 4.99. The van der Waals surface area contributed by atoms with Gasteiger partial charge in [0.1, 0.15) is 5.82 Å². The van der Waals surface area contributed by atoms with Crippen molar-refractivity contribution in [2.75, 3.05) is 0 Å². The first-order chi connectivity index (χ1) is 14.2. The van der Waals surface area contributed by atoms with Gasteiger partial charge in [0.15, 0.2) is 0 Å². The molecule has 4 nitrogen and oxygen atoms in total. The summed E-state index contributed by atoms with van der Waals surface area (Å²) < 4.78 is 15.3. The van der Waals surface area contributed by atoms with E-state index < -0.39 is 0 Å². The number of hydrogen-bond acceptors (Lipinski definition) is 4. The van der Waals surface area contributed by atoms with Crippen molar-refractivity contribution < 1.29 is 9.18 Å². The molecule has 4 aromatic rings. The number of rotatable bonds is 7. The third-order valence-corrected chi connectivity index (χ3v) is 5.74. The first-order valence-electron chi connectivity index (χ1n) is 9.44. The normalized spacial score (nSPS) is 10.9. The smallest absolute Gasteiger partial charge is 0.223 e. The number of nitrogens with zero attached hydrogens (tertiary/aromatic N) is 3. The topological polar surface area (TPSA) is 46.1 Å². The van der Waals surface area contributed by atoms with Crippen LogP contribution in [0.4, 0.5) is 4.39 Å². The Balaban J connectivity index is 1.49. The molecule has 0 spiro atoms. The van der Waals surface area contributed by atoms with Crippen LogP contribution in [0.3, 0.4) is 0 Å². The van der Waals surface area contributed by atoms with Gasteiger partial charge in [-0.3, -0.25) is 9.78 Å². The van der Waals surface area contributed by atoms with Crippen LogP contribution >= 0.6 is 11.3 Å². The molecule has 0 bridgehead atoms. The summed E-state index contributed by atoms with van der Waals surface area (Å²) in [6, 6.07) is 20.1. The molecule has 6 heteroatoms. The molecule has 0 saturated carbocycles. The van der Waals surface area contributed by atoms with Crippen LogP contribution in [0.1, 0.15) is 22.7 Å². The van der Waals surface area contributed by atoms with Crippen molar-refractivity contribution in [1.82, 2.24) is 14.9 Å². The average Bonchev–Trinajstić information content (AvgIpc) is 3.17. The fourth-order valence-electron chi connectivity index (χ4n) is 3.15. The number of aryl methyl sites for hydroxylation is 1. The van der Waals surface area contributed by atoms with E-state index in [2.05, 4.69) is 9.97 Å². The van der Waals surface area contributed by atoms with Crippen molar-refractivity contribution >= 4 is 27.5 Å². The van der Waals surface area contributed by atoms with Crippen molar-refractivity contribution in [2.45, 2.75) is 25.9 Å². The minimum Gasteiger partial charge on any atom is -0.332 e. The molecule has 29 heavy (non-hydrogen) atoms. The number of thiazole rings is 1. The lowest BCUT2D eigenvalue weighted by Crippen LogP contribution is -2.31. The van der Waals surface area contributed by atoms with E-state index in [9.17, 15) is 9.18 Å². The first-order valence-corrected chi connectivity index (χ1v) is 10.3. The van der Waals surface area contributed by atoms with Crippen molar-refractivity contribution in [2.24, 2.45) is 0 Å². The molecule has 1 amide bonds. The van der Waals surface area contributed by atoms with Gasteiger partial charge in [0.25, 0.3) is 0 Å². The maximum absolute atomic E-state index is 14.2. The maximum atomic E-state index is 14.2. The quantitative estimate of drug-likeness (QED) is 0.435. The number of pyridine rings is 1. The van der Waals surface area contributed by atoms with Crippen molar-refractivity contribution in [3.05, 3.63) is 95.0 Å². The zero-order valence-electron chi connectivity index (χ0n) is 15.8. The van der Waals surface area contributed by atoms with Gasteiger partial charge in [-0.25, -0.2) is 9.37 Å². The second kappa shape index (κ2) is 8.92. The molecule has 0 fully saturated rings. The van der Waals surface area contributed by atoms with Gasteiger partial charge in [-0.2, -0.15) is 0 Å². The van der Waals surface area contributed by atoms with E-state index in [1.54, 1.807) is 40.6 Å². The Morgan fingerprint density at radius 3 is 2.55 bits per heavy atom. The lowest BCUT2D eigenvalue weighted by Gasteiger charge is -2.23. The van der Waals surface area contributed by atoms with Crippen LogP contribution < -0.4 is 0 Å². The molecular formula is C23H20FN3OS. The van der Waals surface area contributed by atoms with Gasteiger partial charge < -0.3 is 4.90 Å². The van der Waals surface area contributed by atoms with Crippen molar-refractivity contribution in [3.63, 3.8) is 0 Å². The molecule has 0 radical (unpaired) electrons. The second-order valence-corrected chi connectivity index (χ2v) is 7.85. The molecule has 2 heterocycles. The van der Waals surface area contributed by atoms with Gasteiger partial charge >= 0.3 is 0 Å². The Kier molecular flexibility index (Phi) is 5.91. The van der Waals surface area contributed by atoms with Crippen LogP contribution in [-0.4, -0.2) is 20.8 Å². The summed E-state index contributed by atoms with van der Waals surface area (Å²) in [4.78, 5) is 23.6. The molecule has 4 rings (SSSR count). The van der Waals surface area contributed by atoms with Gasteiger partial charge in [-0.15, -0.1) is 11.3 Å². The van der Waals surface area contributed by atoms with E-state index in [1.807, 2.05) is 42.5 Å². The number of hydrogen-bond donors (Lipinski definition) is 0. The monoisotopic (exact) mass is 405 g/mol. The third-order valence-electron chi connectivity index (χ3n) is 4.64. The van der Waals surface area contributed by atoms with E-state index in [-0.39, 0.29) is 18.3 Å². The molecule has 146 valence electrons. The summed E-state index contributed by atoms with van der Waals surface area (Å²) in [6.45, 7) is 0.551. The summed E-state index contributed by atoms with van der Waals surface area (Å²) in [7, 11) is 0. The van der Waals surface area contributed by atoms with Gasteiger partial charge in [-0.1, -0.05) is 36.4 Å². The van der Waals surface area contributed by atoms with Crippen LogP contribution in [0.15, 0.2) is 72.9 Å². The number of fused-ring (bicyclic) bond motifs is 1. The molecule has 2 aromatic carbocycles. The van der Waals surface area contributed by atoms with E-state index in [4.69, 9.17) is 0 Å². The molecule has 0 atom stereocenters. The fraction of sp³-hybridized carbons (Fsp3) is 0.174. The Labute approximate surface area is 172 Å². The molecule has 0 saturated heterocycles. The number of carbonyl (C=O) groups is 1. The fourth-order valence-corrected chi connectivity index (χ4v) is 4.12. The van der Waals surface area contributed by atoms with Crippen molar-refractivity contribution in [3.8, 4) is 0 Å². The number of benzene rings is 2. The molecule has 0 aliphatic carbocycles. The zero-order chi connectivity index (χ0) is 20.1. The van der Waals surface area contributed by atoms with Crippen LogP contribution in [0.5, 0.6) is 0 Å². The van der Waals surface area contributed by atoms with Crippen LogP contribution in [0, 0.1) is 5.82 Å². The van der Waals surface area contributed by atoms with Crippen LogP contribution in [-0.2, 0) is 24.3 Å². The Bertz CT molecular complexity index is 1080. The summed E-state index contributed by atoms with van der Waals surface area (Å²) in [5.41, 5.74) is 2.23. The van der Waals surface area contributed by atoms with Crippen LogP contribution in [0.2, 0.25) is 0 Å². The molecule has 2 aromatic heterocycles. The van der Waals surface area contributed by atoms with E-state index >= 15 is 0 Å². The summed E-state index contributed by atoms with van der Waals surface area (Å²) >= 11 is 1.61. The number of para-hydroxylation sites is 1. The van der Waals surface area contributed by atoms with E-state index in [1.165, 1.54) is 6.07 Å². The highest BCUT2D eigenvalue weighted by Gasteiger charge is 2.17. The van der Waals surface area contributed by atoms with E-state index in [0.29, 0.717) is 24.9 Å². The maximum Gasteiger partial charge on any atom is 0.223 e. The largest absolute Gasteiger partial charge is 0.332 e. The number of amides is 1. The lowest BCUT2D eigenvalue weighted by atomic mass is 10.1. The minimum absolute atomic E-state index is 0.0434. The molecule has 0 unspecified atom stereocenters. The highest BCUT2D eigenvalue weighted by molar-refractivity contribution is 7.18. The summed E-state index contributed by atoms with van der Waals surface area (Å²) in [5, 5.41) is 0.934.